The zero-order valence-electron chi connectivity index (χ0n) is 18.4. The molecule has 0 aliphatic heterocycles. The van der Waals surface area contributed by atoms with Crippen LogP contribution in [0.3, 0.4) is 0 Å². The van der Waals surface area contributed by atoms with Crippen molar-refractivity contribution in [1.29, 1.82) is 0 Å². The standard InChI is InChI=1S/C28H31NO2/c1-4-27(22(3)28(30)29(5-2)20-23-13-8-6-9-14-23)25-17-12-18-26(19-25)31-21-24-15-10-7-11-16-24/h4,6-19,22,27H,1,5,20-21H2,2-3H3. The highest BCUT2D eigenvalue weighted by Crippen LogP contribution is 2.30. The van der Waals surface area contributed by atoms with Crippen LogP contribution < -0.4 is 4.74 Å². The highest BCUT2D eigenvalue weighted by atomic mass is 16.5. The number of benzene rings is 3. The zero-order chi connectivity index (χ0) is 22.1. The van der Waals surface area contributed by atoms with Gasteiger partial charge in [0.1, 0.15) is 12.4 Å². The molecule has 2 unspecified atom stereocenters. The van der Waals surface area contributed by atoms with Crippen molar-refractivity contribution in [3.8, 4) is 5.75 Å². The van der Waals surface area contributed by atoms with E-state index in [4.69, 9.17) is 4.74 Å². The van der Waals surface area contributed by atoms with Crippen LogP contribution in [0.15, 0.2) is 97.6 Å². The smallest absolute Gasteiger partial charge is 0.226 e. The number of amides is 1. The van der Waals surface area contributed by atoms with E-state index in [9.17, 15) is 4.79 Å². The first-order valence-electron chi connectivity index (χ1n) is 10.8. The van der Waals surface area contributed by atoms with Gasteiger partial charge in [-0.3, -0.25) is 4.79 Å². The summed E-state index contributed by atoms with van der Waals surface area (Å²) in [7, 11) is 0. The Labute approximate surface area is 186 Å². The second-order valence-corrected chi connectivity index (χ2v) is 7.73. The van der Waals surface area contributed by atoms with Crippen LogP contribution in [0, 0.1) is 5.92 Å². The molecule has 3 heteroatoms. The Kier molecular flexibility index (Phi) is 8.05. The van der Waals surface area contributed by atoms with Crippen LogP contribution in [0.2, 0.25) is 0 Å². The van der Waals surface area contributed by atoms with Gasteiger partial charge in [-0.15, -0.1) is 6.58 Å². The third kappa shape index (κ3) is 6.08. The van der Waals surface area contributed by atoms with E-state index in [0.29, 0.717) is 19.7 Å². The van der Waals surface area contributed by atoms with Gasteiger partial charge in [0, 0.05) is 24.9 Å². The Balaban J connectivity index is 1.71. The van der Waals surface area contributed by atoms with Crippen molar-refractivity contribution in [2.24, 2.45) is 5.92 Å². The van der Waals surface area contributed by atoms with Crippen molar-refractivity contribution in [1.82, 2.24) is 4.90 Å². The lowest BCUT2D eigenvalue weighted by atomic mass is 9.86. The van der Waals surface area contributed by atoms with Crippen molar-refractivity contribution < 1.29 is 9.53 Å². The van der Waals surface area contributed by atoms with E-state index in [2.05, 4.69) is 18.7 Å². The molecule has 0 bridgehead atoms. The van der Waals surface area contributed by atoms with E-state index < -0.39 is 0 Å². The summed E-state index contributed by atoms with van der Waals surface area (Å²) in [6, 6.07) is 28.2. The molecule has 31 heavy (non-hydrogen) atoms. The van der Waals surface area contributed by atoms with Crippen LogP contribution in [0.4, 0.5) is 0 Å². The van der Waals surface area contributed by atoms with Crippen molar-refractivity contribution in [3.05, 3.63) is 114 Å². The summed E-state index contributed by atoms with van der Waals surface area (Å²) in [5, 5.41) is 0. The highest BCUT2D eigenvalue weighted by Gasteiger charge is 2.27. The molecular weight excluding hydrogens is 382 g/mol. The van der Waals surface area contributed by atoms with Crippen molar-refractivity contribution in [2.45, 2.75) is 32.9 Å². The van der Waals surface area contributed by atoms with Gasteiger partial charge in [-0.1, -0.05) is 85.8 Å². The van der Waals surface area contributed by atoms with Gasteiger partial charge in [-0.25, -0.2) is 0 Å². The first-order valence-corrected chi connectivity index (χ1v) is 10.8. The minimum atomic E-state index is -0.217. The molecule has 1 amide bonds. The molecule has 3 aromatic rings. The van der Waals surface area contributed by atoms with Gasteiger partial charge >= 0.3 is 0 Å². The Bertz CT molecular complexity index is 969. The van der Waals surface area contributed by atoms with Crippen LogP contribution >= 0.6 is 0 Å². The first-order chi connectivity index (χ1) is 15.1. The lowest BCUT2D eigenvalue weighted by Crippen LogP contribution is -2.36. The molecule has 0 aliphatic carbocycles. The Hall–Kier alpha value is -3.33. The highest BCUT2D eigenvalue weighted by molar-refractivity contribution is 5.80. The van der Waals surface area contributed by atoms with Crippen LogP contribution in [0.1, 0.15) is 36.5 Å². The van der Waals surface area contributed by atoms with E-state index in [1.807, 2.05) is 97.6 Å². The van der Waals surface area contributed by atoms with E-state index >= 15 is 0 Å². The summed E-state index contributed by atoms with van der Waals surface area (Å²) in [5.41, 5.74) is 3.30. The fraction of sp³-hybridized carbons (Fsp3) is 0.250. The topological polar surface area (TPSA) is 29.5 Å². The van der Waals surface area contributed by atoms with Crippen molar-refractivity contribution in [3.63, 3.8) is 0 Å². The Morgan fingerprint density at radius 1 is 0.968 bits per heavy atom. The molecule has 0 saturated heterocycles. The van der Waals surface area contributed by atoms with Gasteiger partial charge in [0.2, 0.25) is 5.91 Å². The average Bonchev–Trinajstić information content (AvgIpc) is 2.83. The molecule has 3 rings (SSSR count). The maximum Gasteiger partial charge on any atom is 0.226 e. The number of hydrogen-bond acceptors (Lipinski definition) is 2. The quantitative estimate of drug-likeness (QED) is 0.369. The molecule has 160 valence electrons. The second-order valence-electron chi connectivity index (χ2n) is 7.73. The van der Waals surface area contributed by atoms with Crippen molar-refractivity contribution in [2.75, 3.05) is 6.54 Å². The van der Waals surface area contributed by atoms with Gasteiger partial charge in [0.25, 0.3) is 0 Å². The molecular formula is C28H31NO2. The van der Waals surface area contributed by atoms with E-state index in [1.54, 1.807) is 0 Å². The normalized spacial score (nSPS) is 12.6. The molecule has 0 saturated carbocycles. The molecule has 0 heterocycles. The number of ether oxygens (including phenoxy) is 1. The van der Waals surface area contributed by atoms with Crippen LogP contribution in [-0.4, -0.2) is 17.4 Å². The number of rotatable bonds is 10. The predicted molar refractivity (Wildman–Crippen MR) is 127 cm³/mol. The van der Waals surface area contributed by atoms with Gasteiger partial charge in [-0.2, -0.15) is 0 Å². The summed E-state index contributed by atoms with van der Waals surface area (Å²) < 4.78 is 5.99. The fourth-order valence-electron chi connectivity index (χ4n) is 3.77. The summed E-state index contributed by atoms with van der Waals surface area (Å²) in [6.45, 7) is 9.83. The zero-order valence-corrected chi connectivity index (χ0v) is 18.4. The number of hydrogen-bond donors (Lipinski definition) is 0. The van der Waals surface area contributed by atoms with E-state index in [-0.39, 0.29) is 17.7 Å². The number of nitrogens with zero attached hydrogens (tertiary/aromatic N) is 1. The van der Waals surface area contributed by atoms with Gasteiger partial charge < -0.3 is 9.64 Å². The minimum absolute atomic E-state index is 0.0856. The monoisotopic (exact) mass is 413 g/mol. The molecule has 0 aliphatic rings. The Morgan fingerprint density at radius 3 is 2.23 bits per heavy atom. The van der Waals surface area contributed by atoms with Crippen LogP contribution in [0.25, 0.3) is 0 Å². The average molecular weight is 414 g/mol. The maximum atomic E-state index is 13.3. The minimum Gasteiger partial charge on any atom is -0.489 e. The molecule has 2 atom stereocenters. The number of carbonyl (C=O) groups is 1. The van der Waals surface area contributed by atoms with Crippen LogP contribution in [0.5, 0.6) is 5.75 Å². The van der Waals surface area contributed by atoms with Gasteiger partial charge in [0.15, 0.2) is 0 Å². The maximum absolute atomic E-state index is 13.3. The van der Waals surface area contributed by atoms with Gasteiger partial charge in [-0.05, 0) is 35.7 Å². The summed E-state index contributed by atoms with van der Waals surface area (Å²) in [4.78, 5) is 15.2. The molecule has 3 nitrogen and oxygen atoms in total. The second kappa shape index (κ2) is 11.2. The first kappa shape index (κ1) is 22.4. The third-order valence-electron chi connectivity index (χ3n) is 5.58. The van der Waals surface area contributed by atoms with Crippen LogP contribution in [-0.2, 0) is 17.9 Å². The summed E-state index contributed by atoms with van der Waals surface area (Å²) in [5.74, 6) is 0.625. The molecule has 0 aromatic heterocycles. The molecule has 3 aromatic carbocycles. The molecule has 0 N–H and O–H groups in total. The lowest BCUT2D eigenvalue weighted by Gasteiger charge is -2.28. The van der Waals surface area contributed by atoms with E-state index in [1.165, 1.54) is 0 Å². The SMILES string of the molecule is C=CC(c1cccc(OCc2ccccc2)c1)C(C)C(=O)N(CC)Cc1ccccc1. The lowest BCUT2D eigenvalue weighted by molar-refractivity contribution is -0.135. The molecule has 0 spiro atoms. The molecule has 0 fully saturated rings. The predicted octanol–water partition coefficient (Wildman–Crippen LogP) is 6.22. The number of carbonyl (C=O) groups excluding carboxylic acids is 1. The molecule has 0 radical (unpaired) electrons. The largest absolute Gasteiger partial charge is 0.489 e. The van der Waals surface area contributed by atoms with Gasteiger partial charge in [0.05, 0.1) is 0 Å². The summed E-state index contributed by atoms with van der Waals surface area (Å²) >= 11 is 0. The summed E-state index contributed by atoms with van der Waals surface area (Å²) in [6.07, 6.45) is 1.87. The van der Waals surface area contributed by atoms with Crippen molar-refractivity contribution >= 4 is 5.91 Å². The van der Waals surface area contributed by atoms with E-state index in [0.717, 1.165) is 22.4 Å². The Morgan fingerprint density at radius 2 is 1.61 bits per heavy atom. The fourth-order valence-corrected chi connectivity index (χ4v) is 3.77. The third-order valence-corrected chi connectivity index (χ3v) is 5.58. The number of allylic oxidation sites excluding steroid dienone is 1.